The largest absolute Gasteiger partial charge is 0.394 e. The van der Waals surface area contributed by atoms with Gasteiger partial charge in [-0.25, -0.2) is 0 Å². The zero-order valence-electron chi connectivity index (χ0n) is 45.5. The van der Waals surface area contributed by atoms with E-state index in [-0.39, 0.29) is 12.5 Å². The standard InChI is InChI=1S/C61H113NO8/c1-3-5-7-9-11-13-15-17-19-21-23-24-25-26-27-28-29-30-31-32-33-34-36-38-40-42-44-46-48-50-55(64)54(53-69-61-60(68)59(67)58(66)56(52-63)70-61)62-57(65)51-49-47-45-43-41-39-37-35-22-20-18-16-14-12-10-8-6-4-2/h20,22,33-34,40,42,48,50,54-56,58-61,63-64,66-68H,3-19,21,23-32,35-39,41,43-47,49,51-53H2,1-2H3,(H,62,65)/b22-20-,34-33+,42-40+,50-48+. The molecule has 1 fully saturated rings. The number of hydrogen-bond acceptors (Lipinski definition) is 8. The second-order valence-corrected chi connectivity index (χ2v) is 20.8. The van der Waals surface area contributed by atoms with Crippen molar-refractivity contribution in [2.75, 3.05) is 13.2 Å². The Kier molecular flexibility index (Phi) is 47.9. The van der Waals surface area contributed by atoms with Crippen LogP contribution in [-0.2, 0) is 14.3 Å². The Morgan fingerprint density at radius 1 is 0.471 bits per heavy atom. The van der Waals surface area contributed by atoms with Gasteiger partial charge >= 0.3 is 0 Å². The molecule has 1 saturated heterocycles. The van der Waals surface area contributed by atoms with Gasteiger partial charge in [0, 0.05) is 6.42 Å². The molecule has 410 valence electrons. The van der Waals surface area contributed by atoms with Crippen LogP contribution in [0.4, 0.5) is 0 Å². The van der Waals surface area contributed by atoms with Crippen molar-refractivity contribution in [3.63, 3.8) is 0 Å². The molecule has 1 rings (SSSR count). The van der Waals surface area contributed by atoms with Gasteiger partial charge in [-0.3, -0.25) is 4.79 Å². The molecule has 70 heavy (non-hydrogen) atoms. The van der Waals surface area contributed by atoms with Crippen LogP contribution < -0.4 is 5.32 Å². The summed E-state index contributed by atoms with van der Waals surface area (Å²) in [7, 11) is 0. The van der Waals surface area contributed by atoms with Gasteiger partial charge in [-0.1, -0.05) is 249 Å². The molecule has 0 spiro atoms. The summed E-state index contributed by atoms with van der Waals surface area (Å²) in [6.07, 6.45) is 60.5. The minimum absolute atomic E-state index is 0.194. The van der Waals surface area contributed by atoms with E-state index in [0.717, 1.165) is 57.8 Å². The molecule has 1 heterocycles. The first kappa shape index (κ1) is 66.2. The summed E-state index contributed by atoms with van der Waals surface area (Å²) < 4.78 is 11.3. The van der Waals surface area contributed by atoms with Gasteiger partial charge in [0.15, 0.2) is 6.29 Å². The van der Waals surface area contributed by atoms with E-state index in [0.29, 0.717) is 6.42 Å². The van der Waals surface area contributed by atoms with Gasteiger partial charge < -0.3 is 40.3 Å². The van der Waals surface area contributed by atoms with E-state index in [9.17, 15) is 30.3 Å². The predicted octanol–water partition coefficient (Wildman–Crippen LogP) is 14.9. The summed E-state index contributed by atoms with van der Waals surface area (Å²) in [6.45, 7) is 3.78. The van der Waals surface area contributed by atoms with Crippen LogP contribution in [0.1, 0.15) is 277 Å². The molecule has 7 atom stereocenters. The molecule has 0 aliphatic carbocycles. The minimum atomic E-state index is -1.58. The third-order valence-corrected chi connectivity index (χ3v) is 14.1. The monoisotopic (exact) mass is 988 g/mol. The van der Waals surface area contributed by atoms with E-state index < -0.39 is 49.5 Å². The van der Waals surface area contributed by atoms with Crippen molar-refractivity contribution >= 4 is 5.91 Å². The first-order chi connectivity index (χ1) is 34.3. The smallest absolute Gasteiger partial charge is 0.220 e. The maximum Gasteiger partial charge on any atom is 0.220 e. The molecule has 0 saturated carbocycles. The molecule has 0 bridgehead atoms. The Balaban J connectivity index is 2.24. The lowest BCUT2D eigenvalue weighted by Gasteiger charge is -2.40. The molecule has 0 aromatic carbocycles. The Labute approximate surface area is 431 Å². The number of aliphatic hydroxyl groups excluding tert-OH is 5. The molecule has 0 radical (unpaired) electrons. The lowest BCUT2D eigenvalue weighted by Crippen LogP contribution is -2.60. The van der Waals surface area contributed by atoms with Crippen LogP contribution in [0.25, 0.3) is 0 Å². The molecule has 1 aliphatic heterocycles. The number of aliphatic hydroxyl groups is 5. The fourth-order valence-corrected chi connectivity index (χ4v) is 9.36. The normalized spacial score (nSPS) is 19.7. The number of nitrogens with one attached hydrogen (secondary N) is 1. The average Bonchev–Trinajstić information content (AvgIpc) is 3.36. The second kappa shape index (κ2) is 50.7. The number of unbranched alkanes of at least 4 members (excludes halogenated alkanes) is 35. The molecule has 1 amide bonds. The van der Waals surface area contributed by atoms with Crippen LogP contribution in [-0.4, -0.2) is 87.5 Å². The van der Waals surface area contributed by atoms with Crippen LogP contribution in [0.5, 0.6) is 0 Å². The number of ether oxygens (including phenoxy) is 2. The lowest BCUT2D eigenvalue weighted by atomic mass is 9.99. The van der Waals surface area contributed by atoms with Crippen molar-refractivity contribution in [2.24, 2.45) is 0 Å². The first-order valence-electron chi connectivity index (χ1n) is 29.9. The molecule has 0 aromatic rings. The highest BCUT2D eigenvalue weighted by Crippen LogP contribution is 2.23. The maximum atomic E-state index is 13.0. The van der Waals surface area contributed by atoms with E-state index in [4.69, 9.17) is 9.47 Å². The Bertz CT molecular complexity index is 1240. The van der Waals surface area contributed by atoms with E-state index in [1.807, 2.05) is 6.08 Å². The molecule has 1 aliphatic rings. The van der Waals surface area contributed by atoms with Crippen LogP contribution >= 0.6 is 0 Å². The SMILES string of the molecule is CCCCCCCCC/C=C\CCCCCCCCCC(=O)NC(COC1OC(CO)C(O)C(O)C1O)C(O)/C=C/CC/C=C/CC/C=C/CCCCCCCCCCCCCCCCCCCCC. The topological polar surface area (TPSA) is 149 Å². The third-order valence-electron chi connectivity index (χ3n) is 14.1. The number of carbonyl (C=O) groups excluding carboxylic acids is 1. The van der Waals surface area contributed by atoms with E-state index in [1.165, 1.54) is 199 Å². The molecular weight excluding hydrogens is 875 g/mol. The van der Waals surface area contributed by atoms with E-state index in [1.54, 1.807) is 6.08 Å². The Morgan fingerprint density at radius 2 is 0.814 bits per heavy atom. The number of allylic oxidation sites excluding steroid dienone is 7. The van der Waals surface area contributed by atoms with Gasteiger partial charge in [0.05, 0.1) is 25.4 Å². The van der Waals surface area contributed by atoms with Gasteiger partial charge in [-0.2, -0.15) is 0 Å². The van der Waals surface area contributed by atoms with Crippen molar-refractivity contribution in [3.8, 4) is 0 Å². The van der Waals surface area contributed by atoms with Crippen molar-refractivity contribution in [3.05, 3.63) is 48.6 Å². The molecular formula is C61H113NO8. The summed E-state index contributed by atoms with van der Waals surface area (Å²) in [6, 6.07) is -0.832. The van der Waals surface area contributed by atoms with Gasteiger partial charge in [-0.15, -0.1) is 0 Å². The molecule has 9 heteroatoms. The number of rotatable bonds is 51. The van der Waals surface area contributed by atoms with Gasteiger partial charge in [0.2, 0.25) is 5.91 Å². The zero-order chi connectivity index (χ0) is 50.8. The summed E-state index contributed by atoms with van der Waals surface area (Å²) in [5, 5.41) is 54.5. The summed E-state index contributed by atoms with van der Waals surface area (Å²) >= 11 is 0. The highest BCUT2D eigenvalue weighted by atomic mass is 16.7. The third kappa shape index (κ3) is 39.7. The predicted molar refractivity (Wildman–Crippen MR) is 295 cm³/mol. The average molecular weight is 989 g/mol. The van der Waals surface area contributed by atoms with Gasteiger partial charge in [0.1, 0.15) is 24.4 Å². The van der Waals surface area contributed by atoms with Crippen molar-refractivity contribution in [1.82, 2.24) is 5.32 Å². The van der Waals surface area contributed by atoms with Crippen LogP contribution in [0.3, 0.4) is 0 Å². The summed E-state index contributed by atoms with van der Waals surface area (Å²) in [5.74, 6) is -0.194. The molecule has 7 unspecified atom stereocenters. The molecule has 6 N–H and O–H groups in total. The van der Waals surface area contributed by atoms with Crippen molar-refractivity contribution in [1.29, 1.82) is 0 Å². The fourth-order valence-electron chi connectivity index (χ4n) is 9.36. The fraction of sp³-hybridized carbons (Fsp3) is 0.852. The summed E-state index contributed by atoms with van der Waals surface area (Å²) in [5.41, 5.74) is 0. The Hall–Kier alpha value is -1.85. The van der Waals surface area contributed by atoms with Gasteiger partial charge in [0.25, 0.3) is 0 Å². The second-order valence-electron chi connectivity index (χ2n) is 20.8. The van der Waals surface area contributed by atoms with E-state index in [2.05, 4.69) is 55.6 Å². The Morgan fingerprint density at radius 3 is 1.20 bits per heavy atom. The molecule has 9 nitrogen and oxygen atoms in total. The highest BCUT2D eigenvalue weighted by molar-refractivity contribution is 5.76. The summed E-state index contributed by atoms with van der Waals surface area (Å²) in [4.78, 5) is 13.0. The highest BCUT2D eigenvalue weighted by Gasteiger charge is 2.44. The minimum Gasteiger partial charge on any atom is -0.394 e. The van der Waals surface area contributed by atoms with Crippen LogP contribution in [0, 0.1) is 0 Å². The first-order valence-corrected chi connectivity index (χ1v) is 29.9. The quantitative estimate of drug-likeness (QED) is 0.0261. The lowest BCUT2D eigenvalue weighted by molar-refractivity contribution is -0.302. The van der Waals surface area contributed by atoms with E-state index >= 15 is 0 Å². The molecule has 0 aromatic heterocycles. The van der Waals surface area contributed by atoms with Crippen LogP contribution in [0.15, 0.2) is 48.6 Å². The number of amides is 1. The van der Waals surface area contributed by atoms with Gasteiger partial charge in [-0.05, 0) is 70.6 Å². The van der Waals surface area contributed by atoms with Crippen LogP contribution in [0.2, 0.25) is 0 Å². The van der Waals surface area contributed by atoms with Crippen molar-refractivity contribution in [2.45, 2.75) is 320 Å². The zero-order valence-corrected chi connectivity index (χ0v) is 45.5. The number of hydrogen-bond donors (Lipinski definition) is 6. The number of carbonyl (C=O) groups is 1. The van der Waals surface area contributed by atoms with Crippen molar-refractivity contribution < 1.29 is 39.8 Å². The maximum absolute atomic E-state index is 13.0.